The molecule has 19 heavy (non-hydrogen) atoms. The molecule has 0 bridgehead atoms. The van der Waals surface area contributed by atoms with Crippen LogP contribution in [0.25, 0.3) is 0 Å². The van der Waals surface area contributed by atoms with E-state index in [1.165, 1.54) is 18.4 Å². The van der Waals surface area contributed by atoms with Gasteiger partial charge in [-0.25, -0.2) is 0 Å². The maximum Gasteiger partial charge on any atom is 0.135 e. The van der Waals surface area contributed by atoms with Crippen molar-refractivity contribution in [1.82, 2.24) is 19.7 Å². The van der Waals surface area contributed by atoms with Crippen molar-refractivity contribution >= 4 is 0 Å². The van der Waals surface area contributed by atoms with Crippen molar-refractivity contribution in [3.63, 3.8) is 0 Å². The molecule has 100 valence electrons. The van der Waals surface area contributed by atoms with E-state index in [1.54, 1.807) is 6.33 Å². The molecule has 0 saturated carbocycles. The van der Waals surface area contributed by atoms with Crippen LogP contribution in [0.1, 0.15) is 30.1 Å². The summed E-state index contributed by atoms with van der Waals surface area (Å²) < 4.78 is 2.05. The van der Waals surface area contributed by atoms with Gasteiger partial charge in [0.2, 0.25) is 0 Å². The van der Waals surface area contributed by atoms with Crippen molar-refractivity contribution in [2.24, 2.45) is 7.05 Å². The van der Waals surface area contributed by atoms with E-state index in [2.05, 4.69) is 50.0 Å². The average Bonchev–Trinajstić information content (AvgIpc) is 2.87. The molecule has 3 rings (SSSR count). The third kappa shape index (κ3) is 2.84. The van der Waals surface area contributed by atoms with E-state index >= 15 is 0 Å². The zero-order chi connectivity index (χ0) is 13.1. The molecule has 0 N–H and O–H groups in total. The Balaban J connectivity index is 1.57. The van der Waals surface area contributed by atoms with Gasteiger partial charge < -0.3 is 4.57 Å². The lowest BCUT2D eigenvalue weighted by Crippen LogP contribution is -2.33. The highest BCUT2D eigenvalue weighted by Gasteiger charge is 2.23. The van der Waals surface area contributed by atoms with Gasteiger partial charge in [0.05, 0.1) is 0 Å². The highest BCUT2D eigenvalue weighted by atomic mass is 15.3. The van der Waals surface area contributed by atoms with Gasteiger partial charge in [-0.1, -0.05) is 30.3 Å². The van der Waals surface area contributed by atoms with Gasteiger partial charge in [0.15, 0.2) is 0 Å². The Morgan fingerprint density at radius 1 is 1.16 bits per heavy atom. The molecule has 0 atom stereocenters. The van der Waals surface area contributed by atoms with Crippen LogP contribution >= 0.6 is 0 Å². The van der Waals surface area contributed by atoms with Crippen LogP contribution in [0.3, 0.4) is 0 Å². The fraction of sp³-hybridized carbons (Fsp3) is 0.467. The highest BCUT2D eigenvalue weighted by molar-refractivity contribution is 5.14. The summed E-state index contributed by atoms with van der Waals surface area (Å²) in [6.45, 7) is 3.35. The largest absolute Gasteiger partial charge is 0.320 e. The van der Waals surface area contributed by atoms with Gasteiger partial charge >= 0.3 is 0 Å². The van der Waals surface area contributed by atoms with Gasteiger partial charge in [-0.15, -0.1) is 10.2 Å². The predicted molar refractivity (Wildman–Crippen MR) is 74.7 cm³/mol. The molecule has 1 aliphatic rings. The average molecular weight is 256 g/mol. The molecule has 2 aromatic rings. The molecule has 1 aliphatic heterocycles. The van der Waals surface area contributed by atoms with Crippen molar-refractivity contribution in [3.05, 3.63) is 48.0 Å². The van der Waals surface area contributed by atoms with Crippen LogP contribution in [-0.4, -0.2) is 32.8 Å². The fourth-order valence-electron chi connectivity index (χ4n) is 2.85. The second-order valence-electron chi connectivity index (χ2n) is 5.34. The SMILES string of the molecule is Cn1cnnc1C1CCN(Cc2ccccc2)CC1. The second-order valence-corrected chi connectivity index (χ2v) is 5.34. The lowest BCUT2D eigenvalue weighted by molar-refractivity contribution is 0.200. The van der Waals surface area contributed by atoms with E-state index < -0.39 is 0 Å². The van der Waals surface area contributed by atoms with Gasteiger partial charge in [0, 0.05) is 19.5 Å². The van der Waals surface area contributed by atoms with Crippen LogP contribution < -0.4 is 0 Å². The van der Waals surface area contributed by atoms with Gasteiger partial charge in [0.25, 0.3) is 0 Å². The van der Waals surface area contributed by atoms with Crippen LogP contribution in [0.2, 0.25) is 0 Å². The topological polar surface area (TPSA) is 34.0 Å². The fourth-order valence-corrected chi connectivity index (χ4v) is 2.85. The van der Waals surface area contributed by atoms with Gasteiger partial charge in [-0.2, -0.15) is 0 Å². The number of aromatic nitrogens is 3. The Hall–Kier alpha value is -1.68. The van der Waals surface area contributed by atoms with Gasteiger partial charge in [-0.05, 0) is 31.5 Å². The summed E-state index contributed by atoms with van der Waals surface area (Å²) in [5.74, 6) is 1.71. The number of benzene rings is 1. The maximum atomic E-state index is 4.24. The van der Waals surface area contributed by atoms with Crippen LogP contribution in [0.15, 0.2) is 36.7 Å². The molecule has 0 amide bonds. The van der Waals surface area contributed by atoms with Crippen LogP contribution in [-0.2, 0) is 13.6 Å². The molecule has 1 aromatic carbocycles. The molecule has 0 unspecified atom stereocenters. The Labute approximate surface area is 114 Å². The molecule has 1 saturated heterocycles. The number of rotatable bonds is 3. The number of aryl methyl sites for hydroxylation is 1. The molecule has 0 spiro atoms. The van der Waals surface area contributed by atoms with E-state index in [1.807, 2.05) is 7.05 Å². The van der Waals surface area contributed by atoms with Crippen molar-refractivity contribution in [1.29, 1.82) is 0 Å². The van der Waals surface area contributed by atoms with Crippen molar-refractivity contribution < 1.29 is 0 Å². The van der Waals surface area contributed by atoms with Crippen LogP contribution in [0.5, 0.6) is 0 Å². The Morgan fingerprint density at radius 3 is 2.53 bits per heavy atom. The van der Waals surface area contributed by atoms with E-state index in [9.17, 15) is 0 Å². The minimum Gasteiger partial charge on any atom is -0.320 e. The Kier molecular flexibility index (Phi) is 3.60. The predicted octanol–water partition coefficient (Wildman–Crippen LogP) is 2.19. The summed E-state index contributed by atoms with van der Waals surface area (Å²) in [6, 6.07) is 10.7. The first-order valence-electron chi connectivity index (χ1n) is 6.93. The lowest BCUT2D eigenvalue weighted by atomic mass is 9.95. The Bertz CT molecular complexity index is 512. The molecule has 1 fully saturated rings. The quantitative estimate of drug-likeness (QED) is 0.844. The summed E-state index contributed by atoms with van der Waals surface area (Å²) in [6.07, 6.45) is 4.16. The summed E-state index contributed by atoms with van der Waals surface area (Å²) in [5, 5.41) is 8.23. The number of piperidine rings is 1. The van der Waals surface area contributed by atoms with Crippen LogP contribution in [0.4, 0.5) is 0 Å². The molecule has 1 aromatic heterocycles. The van der Waals surface area contributed by atoms with Crippen LogP contribution in [0, 0.1) is 0 Å². The van der Waals surface area contributed by atoms with Crippen molar-refractivity contribution in [3.8, 4) is 0 Å². The third-order valence-corrected chi connectivity index (χ3v) is 3.95. The maximum absolute atomic E-state index is 4.24. The van der Waals surface area contributed by atoms with Crippen molar-refractivity contribution in [2.75, 3.05) is 13.1 Å². The molecule has 4 heteroatoms. The molecule has 2 heterocycles. The number of nitrogens with zero attached hydrogens (tertiary/aromatic N) is 4. The number of likely N-dealkylation sites (tertiary alicyclic amines) is 1. The summed E-state index contributed by atoms with van der Waals surface area (Å²) in [4.78, 5) is 2.53. The number of hydrogen-bond donors (Lipinski definition) is 0. The first-order chi connectivity index (χ1) is 9.33. The minimum absolute atomic E-state index is 0.569. The van der Waals surface area contributed by atoms with E-state index in [0.717, 1.165) is 25.5 Å². The first-order valence-corrected chi connectivity index (χ1v) is 6.93. The Morgan fingerprint density at radius 2 is 1.89 bits per heavy atom. The molecule has 0 aliphatic carbocycles. The van der Waals surface area contributed by atoms with E-state index in [-0.39, 0.29) is 0 Å². The summed E-state index contributed by atoms with van der Waals surface area (Å²) in [7, 11) is 2.03. The molecular weight excluding hydrogens is 236 g/mol. The van der Waals surface area contributed by atoms with Gasteiger partial charge in [-0.3, -0.25) is 4.90 Å². The highest BCUT2D eigenvalue weighted by Crippen LogP contribution is 2.26. The van der Waals surface area contributed by atoms with E-state index in [0.29, 0.717) is 5.92 Å². The minimum atomic E-state index is 0.569. The molecule has 0 radical (unpaired) electrons. The smallest absolute Gasteiger partial charge is 0.135 e. The normalized spacial score (nSPS) is 17.7. The van der Waals surface area contributed by atoms with E-state index in [4.69, 9.17) is 0 Å². The zero-order valence-electron chi connectivity index (χ0n) is 11.4. The monoisotopic (exact) mass is 256 g/mol. The summed E-state index contributed by atoms with van der Waals surface area (Å²) in [5.41, 5.74) is 1.40. The zero-order valence-corrected chi connectivity index (χ0v) is 11.4. The molecule has 4 nitrogen and oxygen atoms in total. The number of hydrogen-bond acceptors (Lipinski definition) is 3. The second kappa shape index (κ2) is 5.53. The standard InChI is InChI=1S/C15H20N4/c1-18-12-16-17-15(18)14-7-9-19(10-8-14)11-13-5-3-2-4-6-13/h2-6,12,14H,7-11H2,1H3. The summed E-state index contributed by atoms with van der Waals surface area (Å²) >= 11 is 0. The first kappa shape index (κ1) is 12.4. The van der Waals surface area contributed by atoms with Gasteiger partial charge in [0.1, 0.15) is 12.2 Å². The lowest BCUT2D eigenvalue weighted by Gasteiger charge is -2.31. The molecular formula is C15H20N4. The third-order valence-electron chi connectivity index (χ3n) is 3.95. The van der Waals surface area contributed by atoms with Crippen molar-refractivity contribution in [2.45, 2.75) is 25.3 Å².